The molecule has 1 aliphatic carbocycles. The highest BCUT2D eigenvalue weighted by molar-refractivity contribution is 14.0. The van der Waals surface area contributed by atoms with Gasteiger partial charge in [-0.1, -0.05) is 40.0 Å². The van der Waals surface area contributed by atoms with Crippen molar-refractivity contribution in [2.45, 2.75) is 65.8 Å². The number of halogens is 1. The molecule has 0 aromatic rings. The maximum absolute atomic E-state index is 12.1. The smallest absolute Gasteiger partial charge is 0.225 e. The Labute approximate surface area is 170 Å². The van der Waals surface area contributed by atoms with Crippen LogP contribution in [-0.4, -0.2) is 49.0 Å². The Morgan fingerprint density at radius 1 is 1.24 bits per heavy atom. The van der Waals surface area contributed by atoms with Crippen LogP contribution in [0, 0.1) is 17.8 Å². The number of hydrogen-bond acceptors (Lipinski definition) is 2. The van der Waals surface area contributed by atoms with Gasteiger partial charge in [0.2, 0.25) is 5.91 Å². The van der Waals surface area contributed by atoms with E-state index in [1.54, 1.807) is 0 Å². The van der Waals surface area contributed by atoms with Crippen molar-refractivity contribution in [3.63, 3.8) is 0 Å². The molecule has 3 atom stereocenters. The first-order valence-corrected chi connectivity index (χ1v) is 9.84. The van der Waals surface area contributed by atoms with Gasteiger partial charge in [0.05, 0.1) is 0 Å². The van der Waals surface area contributed by atoms with Gasteiger partial charge >= 0.3 is 0 Å². The third-order valence-electron chi connectivity index (χ3n) is 5.45. The third kappa shape index (κ3) is 6.94. The predicted molar refractivity (Wildman–Crippen MR) is 115 cm³/mol. The zero-order valence-corrected chi connectivity index (χ0v) is 18.7. The molecule has 25 heavy (non-hydrogen) atoms. The van der Waals surface area contributed by atoms with Gasteiger partial charge in [-0.05, 0) is 31.6 Å². The molecular formula is C19H37IN4O. The lowest BCUT2D eigenvalue weighted by atomic mass is 9.80. The second-order valence-corrected chi connectivity index (χ2v) is 7.81. The van der Waals surface area contributed by atoms with Gasteiger partial charge in [0.1, 0.15) is 0 Å². The van der Waals surface area contributed by atoms with E-state index in [2.05, 4.69) is 24.5 Å². The van der Waals surface area contributed by atoms with Crippen LogP contribution < -0.4 is 10.6 Å². The van der Waals surface area contributed by atoms with Crippen molar-refractivity contribution in [2.75, 3.05) is 26.2 Å². The third-order valence-corrected chi connectivity index (χ3v) is 5.45. The normalized spacial score (nSPS) is 27.2. The highest BCUT2D eigenvalue weighted by Crippen LogP contribution is 2.29. The van der Waals surface area contributed by atoms with E-state index in [0.29, 0.717) is 6.04 Å². The highest BCUT2D eigenvalue weighted by Gasteiger charge is 2.28. The molecule has 0 radical (unpaired) electrons. The average molecular weight is 464 g/mol. The summed E-state index contributed by atoms with van der Waals surface area (Å²) in [6.45, 7) is 11.8. The lowest BCUT2D eigenvalue weighted by Gasteiger charge is -2.27. The number of guanidine groups is 1. The molecule has 146 valence electrons. The Balaban J connectivity index is 0.00000312. The number of rotatable bonds is 5. The molecule has 0 spiro atoms. The Morgan fingerprint density at radius 2 is 1.96 bits per heavy atom. The molecule has 0 aromatic carbocycles. The van der Waals surface area contributed by atoms with Crippen molar-refractivity contribution in [3.8, 4) is 0 Å². The molecule has 5 nitrogen and oxygen atoms in total. The van der Waals surface area contributed by atoms with Crippen LogP contribution >= 0.6 is 24.0 Å². The fourth-order valence-electron chi connectivity index (χ4n) is 3.83. The van der Waals surface area contributed by atoms with Gasteiger partial charge in [0.15, 0.2) is 5.96 Å². The van der Waals surface area contributed by atoms with Crippen LogP contribution in [0.2, 0.25) is 0 Å². The van der Waals surface area contributed by atoms with E-state index in [0.717, 1.165) is 50.4 Å². The Bertz CT molecular complexity index is 441. The van der Waals surface area contributed by atoms with Gasteiger partial charge in [0, 0.05) is 38.1 Å². The predicted octanol–water partition coefficient (Wildman–Crippen LogP) is 3.24. The minimum absolute atomic E-state index is 0. The van der Waals surface area contributed by atoms with E-state index in [-0.39, 0.29) is 35.8 Å². The van der Waals surface area contributed by atoms with Gasteiger partial charge in [-0.2, -0.15) is 0 Å². The van der Waals surface area contributed by atoms with E-state index in [9.17, 15) is 4.79 Å². The summed E-state index contributed by atoms with van der Waals surface area (Å²) in [6, 6.07) is 0.314. The molecule has 1 amide bonds. The molecule has 0 bridgehead atoms. The maximum Gasteiger partial charge on any atom is 0.225 e. The minimum Gasteiger partial charge on any atom is -0.357 e. The molecule has 1 aliphatic heterocycles. The molecule has 0 aromatic heterocycles. The van der Waals surface area contributed by atoms with E-state index in [1.165, 1.54) is 25.7 Å². The first-order valence-electron chi connectivity index (χ1n) is 9.84. The number of aliphatic imine (C=N–C) groups is 1. The van der Waals surface area contributed by atoms with Crippen molar-refractivity contribution < 1.29 is 4.79 Å². The maximum atomic E-state index is 12.1. The molecule has 3 unspecified atom stereocenters. The fraction of sp³-hybridized carbons (Fsp3) is 0.895. The summed E-state index contributed by atoms with van der Waals surface area (Å²) in [7, 11) is 0. The van der Waals surface area contributed by atoms with E-state index in [1.807, 2.05) is 18.7 Å². The van der Waals surface area contributed by atoms with Crippen molar-refractivity contribution in [1.82, 2.24) is 15.5 Å². The monoisotopic (exact) mass is 464 g/mol. The van der Waals surface area contributed by atoms with Crippen molar-refractivity contribution in [1.29, 1.82) is 0 Å². The van der Waals surface area contributed by atoms with Crippen LogP contribution in [0.3, 0.4) is 0 Å². The van der Waals surface area contributed by atoms with Crippen LogP contribution in [0.1, 0.15) is 59.8 Å². The van der Waals surface area contributed by atoms with Crippen molar-refractivity contribution >= 4 is 35.8 Å². The zero-order chi connectivity index (χ0) is 17.5. The van der Waals surface area contributed by atoms with Crippen LogP contribution in [-0.2, 0) is 4.79 Å². The van der Waals surface area contributed by atoms with Gasteiger partial charge in [-0.25, -0.2) is 0 Å². The lowest BCUT2D eigenvalue weighted by Crippen LogP contribution is -2.45. The zero-order valence-electron chi connectivity index (χ0n) is 16.4. The van der Waals surface area contributed by atoms with Crippen LogP contribution in [0.15, 0.2) is 4.99 Å². The first kappa shape index (κ1) is 22.5. The largest absolute Gasteiger partial charge is 0.357 e. The summed E-state index contributed by atoms with van der Waals surface area (Å²) in [5.41, 5.74) is 0. The quantitative estimate of drug-likeness (QED) is 0.373. The number of nitrogens with zero attached hydrogens (tertiary/aromatic N) is 2. The molecule has 2 fully saturated rings. The van der Waals surface area contributed by atoms with Gasteiger partial charge < -0.3 is 15.5 Å². The number of hydrogen-bond donors (Lipinski definition) is 2. The molecule has 6 heteroatoms. The summed E-state index contributed by atoms with van der Waals surface area (Å²) < 4.78 is 0. The molecule has 1 heterocycles. The Morgan fingerprint density at radius 3 is 2.60 bits per heavy atom. The molecule has 1 saturated carbocycles. The Kier molecular flexibility index (Phi) is 10.1. The number of amides is 1. The number of carbonyl (C=O) groups excluding carboxylic acids is 1. The summed E-state index contributed by atoms with van der Waals surface area (Å²) in [5, 5.41) is 6.91. The van der Waals surface area contributed by atoms with Gasteiger partial charge in [-0.15, -0.1) is 24.0 Å². The van der Waals surface area contributed by atoms with E-state index in [4.69, 9.17) is 4.99 Å². The lowest BCUT2D eigenvalue weighted by molar-refractivity contribution is -0.133. The van der Waals surface area contributed by atoms with Gasteiger partial charge in [-0.3, -0.25) is 9.79 Å². The number of nitrogens with one attached hydrogen (secondary N) is 2. The topological polar surface area (TPSA) is 56.7 Å². The fourth-order valence-corrected chi connectivity index (χ4v) is 3.83. The van der Waals surface area contributed by atoms with E-state index < -0.39 is 0 Å². The standard InChI is InChI=1S/C19H36N4O.HI/c1-5-20-19(21-12-16-9-7-6-8-15(16)4)22-17-10-11-23(13-17)18(24)14(2)3;/h14-17H,5-13H2,1-4H3,(H2,20,21,22);1H. The number of carbonyl (C=O) groups is 1. The second kappa shape index (κ2) is 11.2. The summed E-state index contributed by atoms with van der Waals surface area (Å²) >= 11 is 0. The number of likely N-dealkylation sites (tertiary alicyclic amines) is 1. The minimum atomic E-state index is 0. The Hall–Kier alpha value is -0.530. The summed E-state index contributed by atoms with van der Waals surface area (Å²) in [5.74, 6) is 2.77. The SMILES string of the molecule is CCNC(=NCC1CCCCC1C)NC1CCN(C(=O)C(C)C)C1.I. The van der Waals surface area contributed by atoms with Crippen LogP contribution in [0.4, 0.5) is 0 Å². The summed E-state index contributed by atoms with van der Waals surface area (Å²) in [4.78, 5) is 19.0. The van der Waals surface area contributed by atoms with Crippen LogP contribution in [0.5, 0.6) is 0 Å². The first-order chi connectivity index (χ1) is 11.5. The van der Waals surface area contributed by atoms with Crippen molar-refractivity contribution in [2.24, 2.45) is 22.7 Å². The molecular weight excluding hydrogens is 427 g/mol. The molecule has 1 saturated heterocycles. The highest BCUT2D eigenvalue weighted by atomic mass is 127. The average Bonchev–Trinajstić information content (AvgIpc) is 3.01. The molecule has 2 N–H and O–H groups in total. The summed E-state index contributed by atoms with van der Waals surface area (Å²) in [6.07, 6.45) is 6.39. The van der Waals surface area contributed by atoms with E-state index >= 15 is 0 Å². The van der Waals surface area contributed by atoms with Crippen LogP contribution in [0.25, 0.3) is 0 Å². The molecule has 2 aliphatic rings. The molecule has 2 rings (SSSR count). The van der Waals surface area contributed by atoms with Crippen molar-refractivity contribution in [3.05, 3.63) is 0 Å². The second-order valence-electron chi connectivity index (χ2n) is 7.81. The van der Waals surface area contributed by atoms with Gasteiger partial charge in [0.25, 0.3) is 0 Å².